The van der Waals surface area contributed by atoms with E-state index in [-0.39, 0.29) is 46.2 Å². The van der Waals surface area contributed by atoms with Gasteiger partial charge < -0.3 is 29.7 Å². The van der Waals surface area contributed by atoms with E-state index in [2.05, 4.69) is 10.3 Å². The molecule has 0 saturated carbocycles. The Bertz CT molecular complexity index is 1320. The lowest BCUT2D eigenvalue weighted by atomic mass is 10.1. The predicted octanol–water partition coefficient (Wildman–Crippen LogP) is 2.12. The zero-order valence-electron chi connectivity index (χ0n) is 22.1. The number of piperidine rings is 1. The van der Waals surface area contributed by atoms with Gasteiger partial charge in [-0.1, -0.05) is 0 Å². The number of carbonyl (C=O) groups excluding carboxylic acids is 1. The molecule has 13 nitrogen and oxygen atoms in total. The van der Waals surface area contributed by atoms with Gasteiger partial charge in [0.05, 0.1) is 22.4 Å². The predicted molar refractivity (Wildman–Crippen MR) is 136 cm³/mol. The molecule has 1 aromatic heterocycles. The van der Waals surface area contributed by atoms with Crippen LogP contribution in [0.1, 0.15) is 32.3 Å². The molecule has 0 spiro atoms. The summed E-state index contributed by atoms with van der Waals surface area (Å²) in [5.41, 5.74) is -0.396. The normalized spacial score (nSPS) is 14.7. The molecule has 2 heterocycles. The van der Waals surface area contributed by atoms with Gasteiger partial charge in [0.2, 0.25) is 5.56 Å². The van der Waals surface area contributed by atoms with Gasteiger partial charge >= 0.3 is 12.0 Å². The number of nitriles is 1. The minimum Gasteiger partial charge on any atom is -0.708 e. The van der Waals surface area contributed by atoms with E-state index in [1.165, 1.54) is 17.2 Å². The SMILES string of the molecule is CC(C)OC(=O)ON1CCC(Oc2c(C#N)c(Nc3ccc(S(=O)(=O)CCN(C)C)cc3F)nc[n+]2[O-])CC1. The van der Waals surface area contributed by atoms with Crippen molar-refractivity contribution in [2.24, 2.45) is 0 Å². The number of sulfone groups is 1. The molecule has 1 aliphatic rings. The molecule has 2 aromatic rings. The maximum absolute atomic E-state index is 14.9. The Balaban J connectivity index is 1.72. The van der Waals surface area contributed by atoms with Crippen molar-refractivity contribution in [2.45, 2.75) is 43.8 Å². The standard InChI is InChI=1S/C24H31FN6O7S/c1-16(2)36-24(32)38-30-9-7-17(8-10-30)37-23-19(14-26)22(27-15-31(23)33)28-21-6-5-18(13-20(21)25)39(34,35)12-11-29(3)4/h5-6,13,15-17H,7-12H2,1-4H3,(H,27,28). The van der Waals surface area contributed by atoms with E-state index in [0.717, 1.165) is 12.4 Å². The number of nitrogens with zero attached hydrogens (tertiary/aromatic N) is 5. The second-order valence-corrected chi connectivity index (χ2v) is 11.5. The van der Waals surface area contributed by atoms with E-state index < -0.39 is 27.9 Å². The third kappa shape index (κ3) is 8.12. The Labute approximate surface area is 226 Å². The number of nitrogens with one attached hydrogen (secondary N) is 1. The third-order valence-electron chi connectivity index (χ3n) is 5.63. The van der Waals surface area contributed by atoms with Crippen LogP contribution in [0, 0.1) is 22.4 Å². The maximum atomic E-state index is 14.9. The first-order valence-corrected chi connectivity index (χ1v) is 13.8. The fourth-order valence-electron chi connectivity index (χ4n) is 3.60. The summed E-state index contributed by atoms with van der Waals surface area (Å²) in [6.07, 6.45) is 0.0162. The fourth-order valence-corrected chi connectivity index (χ4v) is 5.00. The lowest BCUT2D eigenvalue weighted by molar-refractivity contribution is -0.617. The number of hydroxylamine groups is 2. The number of halogens is 1. The summed E-state index contributed by atoms with van der Waals surface area (Å²) in [7, 11) is -0.241. The number of anilines is 2. The minimum absolute atomic E-state index is 0.140. The first-order chi connectivity index (χ1) is 18.4. The molecular formula is C24H31FN6O7S. The Morgan fingerprint density at radius 3 is 2.64 bits per heavy atom. The van der Waals surface area contributed by atoms with Crippen molar-refractivity contribution < 1.29 is 36.6 Å². The molecule has 212 valence electrons. The van der Waals surface area contributed by atoms with Crippen molar-refractivity contribution in [3.63, 3.8) is 0 Å². The van der Waals surface area contributed by atoms with Crippen LogP contribution < -0.4 is 14.8 Å². The highest BCUT2D eigenvalue weighted by Crippen LogP contribution is 2.28. The first-order valence-electron chi connectivity index (χ1n) is 12.2. The number of aromatic nitrogens is 2. The average molecular weight is 567 g/mol. The van der Waals surface area contributed by atoms with Crippen LogP contribution in [0.2, 0.25) is 0 Å². The van der Waals surface area contributed by atoms with Crippen LogP contribution in [0.15, 0.2) is 29.4 Å². The zero-order chi connectivity index (χ0) is 28.7. The number of benzene rings is 1. The molecule has 1 aliphatic heterocycles. The van der Waals surface area contributed by atoms with Crippen molar-refractivity contribution in [3.8, 4) is 11.9 Å². The Kier molecular flexibility index (Phi) is 9.84. The van der Waals surface area contributed by atoms with Gasteiger partial charge in [-0.25, -0.2) is 22.3 Å². The van der Waals surface area contributed by atoms with Gasteiger partial charge in [0, 0.05) is 32.5 Å². The van der Waals surface area contributed by atoms with Crippen molar-refractivity contribution in [1.82, 2.24) is 14.9 Å². The summed E-state index contributed by atoms with van der Waals surface area (Å²) >= 11 is 0. The van der Waals surface area contributed by atoms with Gasteiger partial charge in [-0.2, -0.15) is 5.26 Å². The van der Waals surface area contributed by atoms with Gasteiger partial charge in [-0.05, 0) is 51.1 Å². The van der Waals surface area contributed by atoms with Crippen LogP contribution in [-0.4, -0.2) is 81.2 Å². The van der Waals surface area contributed by atoms with Crippen molar-refractivity contribution in [3.05, 3.63) is 41.1 Å². The topological polar surface area (TPSA) is 161 Å². The Morgan fingerprint density at radius 1 is 1.36 bits per heavy atom. The second-order valence-electron chi connectivity index (χ2n) is 9.35. The van der Waals surface area contributed by atoms with Crippen LogP contribution in [-0.2, 0) is 19.4 Å². The van der Waals surface area contributed by atoms with Crippen molar-refractivity contribution >= 4 is 27.5 Å². The van der Waals surface area contributed by atoms with Crippen LogP contribution in [0.4, 0.5) is 20.7 Å². The lowest BCUT2D eigenvalue weighted by Crippen LogP contribution is -2.42. The van der Waals surface area contributed by atoms with Gasteiger partial charge in [-0.3, -0.25) is 0 Å². The highest BCUT2D eigenvalue weighted by atomic mass is 32.2. The van der Waals surface area contributed by atoms with E-state index in [9.17, 15) is 28.1 Å². The molecule has 0 amide bonds. The molecule has 39 heavy (non-hydrogen) atoms. The van der Waals surface area contributed by atoms with E-state index in [1.807, 2.05) is 6.07 Å². The van der Waals surface area contributed by atoms with Gasteiger partial charge in [0.1, 0.15) is 18.0 Å². The summed E-state index contributed by atoms with van der Waals surface area (Å²) in [5, 5.41) is 26.3. The zero-order valence-corrected chi connectivity index (χ0v) is 22.9. The van der Waals surface area contributed by atoms with Crippen molar-refractivity contribution in [2.75, 3.05) is 44.8 Å². The highest BCUT2D eigenvalue weighted by Gasteiger charge is 2.29. The molecule has 0 atom stereocenters. The van der Waals surface area contributed by atoms with Gasteiger partial charge in [0.25, 0.3) is 12.1 Å². The van der Waals surface area contributed by atoms with E-state index in [0.29, 0.717) is 30.7 Å². The summed E-state index contributed by atoms with van der Waals surface area (Å²) in [6, 6.07) is 5.22. The third-order valence-corrected chi connectivity index (χ3v) is 7.32. The number of carbonyl (C=O) groups is 1. The lowest BCUT2D eigenvalue weighted by Gasteiger charge is -2.30. The number of hydrogen-bond acceptors (Lipinski definition) is 12. The van der Waals surface area contributed by atoms with E-state index in [1.54, 1.807) is 32.8 Å². The number of ether oxygens (including phenoxy) is 2. The van der Waals surface area contributed by atoms with Gasteiger partial charge in [0.15, 0.2) is 9.84 Å². The average Bonchev–Trinajstić information content (AvgIpc) is 2.86. The number of hydrogen-bond donors (Lipinski definition) is 1. The smallest absolute Gasteiger partial charge is 0.528 e. The minimum atomic E-state index is -3.71. The molecular weight excluding hydrogens is 535 g/mol. The molecule has 1 N–H and O–H groups in total. The molecule has 1 fully saturated rings. The monoisotopic (exact) mass is 566 g/mol. The quantitative estimate of drug-likeness (QED) is 0.254. The van der Waals surface area contributed by atoms with Crippen molar-refractivity contribution in [1.29, 1.82) is 5.26 Å². The van der Waals surface area contributed by atoms with E-state index in [4.69, 9.17) is 14.3 Å². The first kappa shape index (κ1) is 29.8. The molecule has 1 aromatic carbocycles. The summed E-state index contributed by atoms with van der Waals surface area (Å²) in [5.74, 6) is -1.52. The fraction of sp³-hybridized carbons (Fsp3) is 0.500. The largest absolute Gasteiger partial charge is 0.708 e. The molecule has 1 saturated heterocycles. The van der Waals surface area contributed by atoms with Crippen LogP contribution in [0.25, 0.3) is 0 Å². The van der Waals surface area contributed by atoms with Crippen LogP contribution in [0.5, 0.6) is 5.88 Å². The second kappa shape index (κ2) is 12.9. The van der Waals surface area contributed by atoms with E-state index >= 15 is 0 Å². The van der Waals surface area contributed by atoms with Crippen LogP contribution in [0.3, 0.4) is 0 Å². The highest BCUT2D eigenvalue weighted by molar-refractivity contribution is 7.91. The molecule has 0 unspecified atom stereocenters. The summed E-state index contributed by atoms with van der Waals surface area (Å²) in [4.78, 5) is 22.2. The molecule has 0 aliphatic carbocycles. The Hall–Kier alpha value is -3.74. The Morgan fingerprint density at radius 2 is 2.05 bits per heavy atom. The van der Waals surface area contributed by atoms with Gasteiger partial charge in [-0.15, -0.1) is 5.06 Å². The maximum Gasteiger partial charge on any atom is 0.528 e. The summed E-state index contributed by atoms with van der Waals surface area (Å²) in [6.45, 7) is 4.29. The van der Waals surface area contributed by atoms with Crippen LogP contribution >= 0.6 is 0 Å². The number of rotatable bonds is 10. The molecule has 15 heteroatoms. The summed E-state index contributed by atoms with van der Waals surface area (Å²) < 4.78 is 50.9. The molecule has 0 radical (unpaired) electrons. The molecule has 0 bridgehead atoms. The molecule has 3 rings (SSSR count).